The lowest BCUT2D eigenvalue weighted by atomic mass is 9.97. The first kappa shape index (κ1) is 17.8. The Morgan fingerprint density at radius 2 is 1.86 bits per heavy atom. The van der Waals surface area contributed by atoms with E-state index in [1.54, 1.807) is 6.92 Å². The number of rotatable bonds is 5. The maximum atomic E-state index is 5.72. The molecule has 1 aliphatic rings. The number of nitrogens with zero attached hydrogens (tertiary/aromatic N) is 4. The largest absolute Gasteiger partial charge is 0.421 e. The van der Waals surface area contributed by atoms with Crippen LogP contribution in [-0.2, 0) is 11.3 Å². The standard InChI is InChI=1S/C23H22N4O2/c1-16-24-25-23(29-16)21-10-3-2-9-20(21)17-6-4-7-18(14-17)22-11-12-27(26-22)15-19-8-5-13-28-19/h2-4,6-7,9-12,14,19H,5,8,13,15H2,1H3/t19-/m1/s1. The summed E-state index contributed by atoms with van der Waals surface area (Å²) in [6, 6.07) is 18.5. The van der Waals surface area contributed by atoms with Gasteiger partial charge in [-0.3, -0.25) is 4.68 Å². The zero-order chi connectivity index (χ0) is 19.6. The summed E-state index contributed by atoms with van der Waals surface area (Å²) < 4.78 is 13.4. The van der Waals surface area contributed by atoms with Gasteiger partial charge in [0.1, 0.15) is 0 Å². The zero-order valence-electron chi connectivity index (χ0n) is 16.3. The van der Waals surface area contributed by atoms with Gasteiger partial charge in [0, 0.05) is 30.9 Å². The second-order valence-corrected chi connectivity index (χ2v) is 7.31. The smallest absolute Gasteiger partial charge is 0.248 e. The van der Waals surface area contributed by atoms with Crippen LogP contribution in [-0.4, -0.2) is 32.7 Å². The van der Waals surface area contributed by atoms with E-state index in [9.17, 15) is 0 Å². The number of ether oxygens (including phenoxy) is 1. The number of aryl methyl sites for hydroxylation is 1. The lowest BCUT2D eigenvalue weighted by Crippen LogP contribution is -2.15. The molecule has 5 rings (SSSR count). The van der Waals surface area contributed by atoms with Gasteiger partial charge in [-0.05, 0) is 42.2 Å². The van der Waals surface area contributed by atoms with E-state index >= 15 is 0 Å². The lowest BCUT2D eigenvalue weighted by Gasteiger charge is -2.09. The van der Waals surface area contributed by atoms with E-state index in [0.717, 1.165) is 53.9 Å². The molecular weight excluding hydrogens is 364 g/mol. The third-order valence-electron chi connectivity index (χ3n) is 5.21. The van der Waals surface area contributed by atoms with Crippen molar-refractivity contribution in [2.45, 2.75) is 32.4 Å². The van der Waals surface area contributed by atoms with Crippen molar-refractivity contribution in [3.8, 4) is 33.8 Å². The second-order valence-electron chi connectivity index (χ2n) is 7.31. The van der Waals surface area contributed by atoms with Crippen LogP contribution in [0.15, 0.2) is 65.2 Å². The van der Waals surface area contributed by atoms with Crippen molar-refractivity contribution in [2.75, 3.05) is 6.61 Å². The highest BCUT2D eigenvalue weighted by molar-refractivity contribution is 5.82. The van der Waals surface area contributed by atoms with E-state index in [1.165, 1.54) is 0 Å². The number of hydrogen-bond donors (Lipinski definition) is 0. The molecule has 1 atom stereocenters. The van der Waals surface area contributed by atoms with E-state index in [1.807, 2.05) is 29.1 Å². The minimum Gasteiger partial charge on any atom is -0.421 e. The Hall–Kier alpha value is -3.25. The molecule has 29 heavy (non-hydrogen) atoms. The molecule has 0 spiro atoms. The quantitative estimate of drug-likeness (QED) is 0.495. The molecule has 146 valence electrons. The SMILES string of the molecule is Cc1nnc(-c2ccccc2-c2cccc(-c3ccn(C[C@H]4CCCO4)n3)c2)o1. The minimum absolute atomic E-state index is 0.277. The molecule has 6 nitrogen and oxygen atoms in total. The summed E-state index contributed by atoms with van der Waals surface area (Å²) in [5, 5.41) is 12.9. The molecule has 1 saturated heterocycles. The molecule has 1 aliphatic heterocycles. The highest BCUT2D eigenvalue weighted by atomic mass is 16.5. The number of aromatic nitrogens is 4. The first-order valence-corrected chi connectivity index (χ1v) is 9.92. The van der Waals surface area contributed by atoms with Crippen LogP contribution in [0.2, 0.25) is 0 Å². The number of hydrogen-bond acceptors (Lipinski definition) is 5. The van der Waals surface area contributed by atoms with Gasteiger partial charge in [0.2, 0.25) is 11.8 Å². The highest BCUT2D eigenvalue weighted by Crippen LogP contribution is 2.33. The second kappa shape index (κ2) is 7.64. The molecule has 6 heteroatoms. The van der Waals surface area contributed by atoms with Crippen molar-refractivity contribution in [3.05, 3.63) is 66.7 Å². The maximum Gasteiger partial charge on any atom is 0.248 e. The molecule has 0 saturated carbocycles. The van der Waals surface area contributed by atoms with E-state index in [4.69, 9.17) is 14.3 Å². The maximum absolute atomic E-state index is 5.72. The molecule has 3 heterocycles. The monoisotopic (exact) mass is 386 g/mol. The Bertz CT molecular complexity index is 1130. The summed E-state index contributed by atoms with van der Waals surface area (Å²) in [5.74, 6) is 1.09. The molecular formula is C23H22N4O2. The van der Waals surface area contributed by atoms with Gasteiger partial charge in [-0.25, -0.2) is 0 Å². The van der Waals surface area contributed by atoms with Crippen LogP contribution in [0.4, 0.5) is 0 Å². The zero-order valence-corrected chi connectivity index (χ0v) is 16.3. The summed E-state index contributed by atoms with van der Waals surface area (Å²) in [6.45, 7) is 3.46. The van der Waals surface area contributed by atoms with Crippen molar-refractivity contribution in [1.29, 1.82) is 0 Å². The predicted molar refractivity (Wildman–Crippen MR) is 110 cm³/mol. The summed E-state index contributed by atoms with van der Waals surface area (Å²) >= 11 is 0. The van der Waals surface area contributed by atoms with Crippen molar-refractivity contribution in [2.24, 2.45) is 0 Å². The van der Waals surface area contributed by atoms with Crippen LogP contribution < -0.4 is 0 Å². The molecule has 0 unspecified atom stereocenters. The van der Waals surface area contributed by atoms with Crippen LogP contribution in [0.25, 0.3) is 33.8 Å². The van der Waals surface area contributed by atoms with Crippen LogP contribution in [0.3, 0.4) is 0 Å². The molecule has 2 aromatic carbocycles. The molecule has 0 bridgehead atoms. The molecule has 0 N–H and O–H groups in total. The van der Waals surface area contributed by atoms with Gasteiger partial charge in [-0.2, -0.15) is 5.10 Å². The van der Waals surface area contributed by atoms with E-state index < -0.39 is 0 Å². The Labute approximate surface area is 169 Å². The molecule has 4 aromatic rings. The molecule has 1 fully saturated rings. The van der Waals surface area contributed by atoms with Crippen molar-refractivity contribution in [1.82, 2.24) is 20.0 Å². The van der Waals surface area contributed by atoms with Gasteiger partial charge < -0.3 is 9.15 Å². The average molecular weight is 386 g/mol. The van der Waals surface area contributed by atoms with E-state index in [2.05, 4.69) is 46.6 Å². The summed E-state index contributed by atoms with van der Waals surface area (Å²) in [6.07, 6.45) is 4.55. The first-order valence-electron chi connectivity index (χ1n) is 9.92. The number of benzene rings is 2. The van der Waals surface area contributed by atoms with Gasteiger partial charge in [-0.15, -0.1) is 10.2 Å². The van der Waals surface area contributed by atoms with Crippen molar-refractivity contribution in [3.63, 3.8) is 0 Å². The van der Waals surface area contributed by atoms with Crippen LogP contribution >= 0.6 is 0 Å². The van der Waals surface area contributed by atoms with Gasteiger partial charge in [-0.1, -0.05) is 36.4 Å². The Kier molecular flexibility index (Phi) is 4.69. The Balaban J connectivity index is 1.46. The fraction of sp³-hybridized carbons (Fsp3) is 0.261. The van der Waals surface area contributed by atoms with Crippen LogP contribution in [0.1, 0.15) is 18.7 Å². The molecule has 2 aromatic heterocycles. The Morgan fingerprint density at radius 3 is 2.66 bits per heavy atom. The topological polar surface area (TPSA) is 66.0 Å². The normalized spacial score (nSPS) is 16.4. The van der Waals surface area contributed by atoms with Gasteiger partial charge in [0.15, 0.2) is 0 Å². The summed E-state index contributed by atoms with van der Waals surface area (Å²) in [5.41, 5.74) is 5.09. The molecule has 0 amide bonds. The summed E-state index contributed by atoms with van der Waals surface area (Å²) in [4.78, 5) is 0. The van der Waals surface area contributed by atoms with Crippen molar-refractivity contribution >= 4 is 0 Å². The van der Waals surface area contributed by atoms with E-state index in [-0.39, 0.29) is 6.10 Å². The average Bonchev–Trinajstić information content (AvgIpc) is 3.51. The molecule has 0 radical (unpaired) electrons. The fourth-order valence-electron chi connectivity index (χ4n) is 3.79. The third kappa shape index (κ3) is 3.71. The lowest BCUT2D eigenvalue weighted by molar-refractivity contribution is 0.0940. The third-order valence-corrected chi connectivity index (χ3v) is 5.21. The predicted octanol–water partition coefficient (Wildman–Crippen LogP) is 4.75. The fourth-order valence-corrected chi connectivity index (χ4v) is 3.79. The molecule has 0 aliphatic carbocycles. The highest BCUT2D eigenvalue weighted by Gasteiger charge is 2.17. The minimum atomic E-state index is 0.277. The Morgan fingerprint density at radius 1 is 1.00 bits per heavy atom. The van der Waals surface area contributed by atoms with Gasteiger partial charge in [0.05, 0.1) is 18.3 Å². The van der Waals surface area contributed by atoms with Crippen LogP contribution in [0.5, 0.6) is 0 Å². The van der Waals surface area contributed by atoms with Gasteiger partial charge in [0.25, 0.3) is 0 Å². The van der Waals surface area contributed by atoms with Crippen molar-refractivity contribution < 1.29 is 9.15 Å². The van der Waals surface area contributed by atoms with E-state index in [0.29, 0.717) is 11.8 Å². The first-order chi connectivity index (χ1) is 14.3. The summed E-state index contributed by atoms with van der Waals surface area (Å²) in [7, 11) is 0. The van der Waals surface area contributed by atoms with Crippen LogP contribution in [0, 0.1) is 6.92 Å². The van der Waals surface area contributed by atoms with Gasteiger partial charge >= 0.3 is 0 Å².